The van der Waals surface area contributed by atoms with Crippen LogP contribution in [0.4, 0.5) is 0 Å². The van der Waals surface area contributed by atoms with E-state index in [0.717, 1.165) is 6.07 Å². The third-order valence-corrected chi connectivity index (χ3v) is 7.02. The highest BCUT2D eigenvalue weighted by molar-refractivity contribution is 6.22. The quantitative estimate of drug-likeness (QED) is 0.192. The Bertz CT molecular complexity index is 3820. The van der Waals surface area contributed by atoms with Crippen molar-refractivity contribution in [1.82, 2.24) is 0 Å². The lowest BCUT2D eigenvalue weighted by molar-refractivity contribution is 0.669. The largest absolute Gasteiger partial charge is 0.456 e. The Kier molecular flexibility index (Phi) is 2.19. The van der Waals surface area contributed by atoms with Gasteiger partial charge in [-0.1, -0.05) is 133 Å². The fraction of sp³-hybridized carbons (Fsp3) is 0. The first-order valence-corrected chi connectivity index (χ1v) is 12.7. The molecule has 0 atom stereocenters. The monoisotopic (exact) mass is 571 g/mol. The van der Waals surface area contributed by atoms with Crippen LogP contribution in [0.3, 0.4) is 0 Å². The highest BCUT2D eigenvalue weighted by atomic mass is 16.3. The Morgan fingerprint density at radius 2 is 0.930 bits per heavy atom. The topological polar surface area (TPSA) is 13.1 Å². The molecule has 43 heavy (non-hydrogen) atoms. The third-order valence-electron chi connectivity index (χ3n) is 7.02. The predicted octanol–water partition coefficient (Wildman–Crippen LogP) is 12.0. The summed E-state index contributed by atoms with van der Waals surface area (Å²) in [5.74, 6) is 0. The van der Waals surface area contributed by atoms with Crippen molar-refractivity contribution in [2.75, 3.05) is 0 Å². The highest BCUT2D eigenvalue weighted by Crippen LogP contribution is 2.45. The van der Waals surface area contributed by atoms with E-state index in [2.05, 4.69) is 0 Å². The van der Waals surface area contributed by atoms with Gasteiger partial charge in [0.1, 0.15) is 11.2 Å². The zero-order chi connectivity index (χ0) is 50.1. The van der Waals surface area contributed by atoms with Crippen LogP contribution in [-0.4, -0.2) is 0 Å². The van der Waals surface area contributed by atoms with Crippen molar-refractivity contribution in [3.8, 4) is 33.4 Å². The summed E-state index contributed by atoms with van der Waals surface area (Å²) in [7, 11) is 0. The van der Waals surface area contributed by atoms with Crippen LogP contribution in [0.15, 0.2) is 162 Å². The SMILES string of the molecule is [2H]c1cc(-c2c([2H])c([2H])c([2H])c3c([2H])c([2H])c([2H])c([2H])c23)c([2H])c(-c2c3c([2H])c([2H])c([2H])c([2H])c3c(-c3c([2H])c([2H])c4oc5c([2H])c([2H])c([2H])c([2H])c5c4c3[2H])c3c([2H])c([2H])c([2H])c([2H])c23)c1[2H]. The van der Waals surface area contributed by atoms with Gasteiger partial charge in [-0.25, -0.2) is 0 Å². The lowest BCUT2D eigenvalue weighted by Gasteiger charge is -2.18. The Morgan fingerprint density at radius 3 is 1.65 bits per heavy atom. The van der Waals surface area contributed by atoms with E-state index in [1.54, 1.807) is 0 Å². The molecule has 200 valence electrons. The molecule has 1 aromatic heterocycles. The van der Waals surface area contributed by atoms with E-state index in [4.69, 9.17) is 27.7 Å². The molecule has 0 bridgehead atoms. The molecule has 0 unspecified atom stereocenters. The molecule has 1 heterocycles. The summed E-state index contributed by atoms with van der Waals surface area (Å²) >= 11 is 0. The summed E-state index contributed by atoms with van der Waals surface area (Å²) < 4.78 is 229. The normalized spacial score (nSPS) is 19.9. The van der Waals surface area contributed by atoms with Gasteiger partial charge in [-0.15, -0.1) is 0 Å². The van der Waals surface area contributed by atoms with Crippen molar-refractivity contribution >= 4 is 54.3 Å². The second-order valence-corrected chi connectivity index (χ2v) is 9.34. The van der Waals surface area contributed by atoms with Crippen LogP contribution in [-0.2, 0) is 0 Å². The van der Waals surface area contributed by atoms with E-state index in [1.165, 1.54) is 0 Å². The Hall–Kier alpha value is -5.66. The molecule has 0 radical (unpaired) electrons. The summed E-state index contributed by atoms with van der Waals surface area (Å²) in [5, 5.41) is -4.63. The van der Waals surface area contributed by atoms with Crippen LogP contribution in [0.1, 0.15) is 34.3 Å². The van der Waals surface area contributed by atoms with E-state index < -0.39 is 239 Å². The number of furan rings is 1. The average Bonchev–Trinajstić information content (AvgIpc) is 3.72. The van der Waals surface area contributed by atoms with Gasteiger partial charge in [0.25, 0.3) is 0 Å². The summed E-state index contributed by atoms with van der Waals surface area (Å²) in [6.45, 7) is 0. The molecule has 0 fully saturated rings. The maximum atomic E-state index is 9.77. The minimum Gasteiger partial charge on any atom is -0.456 e. The lowest BCUT2D eigenvalue weighted by atomic mass is 9.85. The number of rotatable bonds is 3. The first-order chi connectivity index (χ1) is 31.7. The zero-order valence-electron chi connectivity index (χ0n) is 46.5. The summed E-state index contributed by atoms with van der Waals surface area (Å²) in [6, 6.07) is -20.4. The van der Waals surface area contributed by atoms with E-state index >= 15 is 0 Å². The van der Waals surface area contributed by atoms with Gasteiger partial charge in [-0.3, -0.25) is 0 Å². The maximum absolute atomic E-state index is 9.77. The van der Waals surface area contributed by atoms with Crippen LogP contribution in [0.5, 0.6) is 0 Å². The maximum Gasteiger partial charge on any atom is 0.135 e. The van der Waals surface area contributed by atoms with Crippen molar-refractivity contribution in [2.45, 2.75) is 0 Å². The highest BCUT2D eigenvalue weighted by Gasteiger charge is 2.18. The number of hydrogen-bond acceptors (Lipinski definition) is 1. The second kappa shape index (κ2) is 9.44. The summed E-state index contributed by atoms with van der Waals surface area (Å²) in [4.78, 5) is 0. The molecule has 8 aromatic carbocycles. The lowest BCUT2D eigenvalue weighted by Crippen LogP contribution is -1.91. The Labute approximate surface area is 284 Å². The van der Waals surface area contributed by atoms with Crippen molar-refractivity contribution < 1.29 is 38.7 Å². The van der Waals surface area contributed by atoms with Gasteiger partial charge in [0.05, 0.1) is 34.3 Å². The van der Waals surface area contributed by atoms with Gasteiger partial charge in [0.2, 0.25) is 0 Å². The van der Waals surface area contributed by atoms with Gasteiger partial charge >= 0.3 is 0 Å². The number of para-hydroxylation sites is 1. The van der Waals surface area contributed by atoms with E-state index in [1.807, 2.05) is 0 Å². The molecule has 0 amide bonds. The molecule has 0 aliphatic carbocycles. The number of fused-ring (bicyclic) bond motifs is 6. The Morgan fingerprint density at radius 1 is 0.372 bits per heavy atom. The van der Waals surface area contributed by atoms with Gasteiger partial charge < -0.3 is 4.42 Å². The Balaban J connectivity index is 1.59. The van der Waals surface area contributed by atoms with Crippen LogP contribution in [0, 0.1) is 0 Å². The second-order valence-electron chi connectivity index (χ2n) is 9.34. The predicted molar refractivity (Wildman–Crippen MR) is 183 cm³/mol. The third kappa shape index (κ3) is 3.72. The van der Waals surface area contributed by atoms with Crippen molar-refractivity contribution in [1.29, 1.82) is 0 Å². The van der Waals surface area contributed by atoms with Crippen LogP contribution in [0.2, 0.25) is 0 Å². The minimum absolute atomic E-state index is 0.405. The standard InChI is InChI=1S/C42H26O/c1-2-15-31-27(11-1)12-10-21-32(31)28-13-9-14-29(25-28)41-34-17-3-5-19-36(34)42(37-20-6-4-18-35(37)41)30-23-24-40-38(26-30)33-16-7-8-22-39(33)43-40/h1-26H/i1D,2D,3D,4D,5D,6D,7D,8D,9D,10D,11D,12D,14D,15D,16D,17D,18D,19D,20D,21D,22D,23D,24D,25D,26D. The number of hydrogen-bond donors (Lipinski definition) is 0. The molecule has 0 spiro atoms. The van der Waals surface area contributed by atoms with E-state index in [-0.39, 0.29) is 0 Å². The average molecular weight is 572 g/mol. The zero-order valence-corrected chi connectivity index (χ0v) is 21.5. The van der Waals surface area contributed by atoms with Gasteiger partial charge in [-0.05, 0) is 89.9 Å². The van der Waals surface area contributed by atoms with Crippen LogP contribution < -0.4 is 0 Å². The van der Waals surface area contributed by atoms with E-state index in [9.17, 15) is 11.0 Å². The summed E-state index contributed by atoms with van der Waals surface area (Å²) in [6.07, 6.45) is 0. The van der Waals surface area contributed by atoms with Gasteiger partial charge in [-0.2, -0.15) is 0 Å². The van der Waals surface area contributed by atoms with Crippen molar-refractivity contribution in [2.24, 2.45) is 0 Å². The van der Waals surface area contributed by atoms with Crippen LogP contribution in [0.25, 0.3) is 87.6 Å². The number of benzene rings is 8. The molecule has 9 rings (SSSR count). The molecular formula is C42H26O. The molecular weight excluding hydrogens is 520 g/mol. The molecule has 1 nitrogen and oxygen atoms in total. The van der Waals surface area contributed by atoms with Gasteiger partial charge in [0, 0.05) is 10.8 Å². The minimum atomic E-state index is -0.957. The molecule has 9 aromatic rings. The fourth-order valence-corrected chi connectivity index (χ4v) is 5.21. The van der Waals surface area contributed by atoms with Crippen molar-refractivity contribution in [3.63, 3.8) is 0 Å². The molecule has 0 saturated carbocycles. The summed E-state index contributed by atoms with van der Waals surface area (Å²) in [5.41, 5.74) is -4.97. The smallest absolute Gasteiger partial charge is 0.135 e. The molecule has 0 saturated heterocycles. The molecule has 0 N–H and O–H groups in total. The fourth-order valence-electron chi connectivity index (χ4n) is 5.21. The first-order valence-electron chi connectivity index (χ1n) is 25.2. The molecule has 0 aliphatic heterocycles. The van der Waals surface area contributed by atoms with E-state index in [0.29, 0.717) is 0 Å². The molecule has 0 aliphatic rings. The first kappa shape index (κ1) is 9.97. The van der Waals surface area contributed by atoms with Crippen molar-refractivity contribution in [3.05, 3.63) is 157 Å². The van der Waals surface area contributed by atoms with Gasteiger partial charge in [0.15, 0.2) is 0 Å². The molecule has 1 heteroatoms. The van der Waals surface area contributed by atoms with Crippen LogP contribution >= 0.6 is 0 Å².